The van der Waals surface area contributed by atoms with Gasteiger partial charge in [0.25, 0.3) is 5.56 Å². The number of halogens is 1. The fourth-order valence-electron chi connectivity index (χ4n) is 16.7. The van der Waals surface area contributed by atoms with Gasteiger partial charge in [0.15, 0.2) is 5.60 Å². The third-order valence-corrected chi connectivity index (χ3v) is 24.2. The SMILES string of the molecule is CC[C@@]1(O)C(=O)OCc2c1cc1n(c2=O)Cc2c-1nc1cc(F)c(C)cc1c2CNC(=O)[C@H](CCCCN)NC(=O)[C@@H](NC(=O)CCOCCOCCOCCOCCOCCOCCOCCOCCOCCOCCOCCOCCOCCC(=O)N1CCC2(CCC(C(=O)NCCC(=O)N3Cc4ccccc4-c4nnn(C)c4-c4ccccc43)CC2)CC1)C(C)C. The van der Waals surface area contributed by atoms with Crippen molar-refractivity contribution in [1.82, 2.24) is 50.7 Å². The number of ether oxygens (including phenoxy) is 14. The quantitative estimate of drug-likeness (QED) is 0.0182. The summed E-state index contributed by atoms with van der Waals surface area (Å²) in [6, 6.07) is 18.3. The highest BCUT2D eigenvalue weighted by Crippen LogP contribution is 2.47. The van der Waals surface area contributed by atoms with Crippen LogP contribution in [0.5, 0.6) is 0 Å². The lowest BCUT2D eigenvalue weighted by atomic mass is 9.65. The number of hydrogen-bond acceptors (Lipinski definition) is 27. The molecule has 5 aliphatic rings. The molecular formula is C93H131FN12O23. The number of cyclic esters (lactones) is 1. The van der Waals surface area contributed by atoms with Crippen LogP contribution in [0.25, 0.3) is 44.8 Å². The maximum absolute atomic E-state index is 15.2. The van der Waals surface area contributed by atoms with Crippen LogP contribution in [-0.4, -0.2) is 286 Å². The van der Waals surface area contributed by atoms with Crippen LogP contribution in [0.1, 0.15) is 138 Å². The van der Waals surface area contributed by atoms with Crippen molar-refractivity contribution in [1.29, 1.82) is 0 Å². The number of pyridine rings is 2. The van der Waals surface area contributed by atoms with Crippen molar-refractivity contribution in [2.24, 2.45) is 30.0 Å². The lowest BCUT2D eigenvalue weighted by molar-refractivity contribution is -0.172. The topological polar surface area (TPSA) is 415 Å². The number of esters is 1. The molecule has 6 aromatic rings. The second-order valence-electron chi connectivity index (χ2n) is 33.2. The van der Waals surface area contributed by atoms with Gasteiger partial charge in [-0.15, -0.1) is 5.10 Å². The number of hydrogen-bond donors (Lipinski definition) is 6. The largest absolute Gasteiger partial charge is 0.458 e. The van der Waals surface area contributed by atoms with E-state index in [9.17, 15) is 43.5 Å². The Balaban J connectivity index is 0.415. The summed E-state index contributed by atoms with van der Waals surface area (Å²) >= 11 is 0. The number of carbonyl (C=O) groups is 7. The molecule has 129 heavy (non-hydrogen) atoms. The van der Waals surface area contributed by atoms with E-state index in [0.29, 0.717) is 231 Å². The van der Waals surface area contributed by atoms with Crippen LogP contribution in [0.4, 0.5) is 10.1 Å². The van der Waals surface area contributed by atoms with Crippen LogP contribution >= 0.6 is 0 Å². The van der Waals surface area contributed by atoms with E-state index >= 15 is 4.39 Å². The van der Waals surface area contributed by atoms with E-state index in [4.69, 9.17) is 77.0 Å². The van der Waals surface area contributed by atoms with E-state index in [1.165, 1.54) is 10.6 Å². The van der Waals surface area contributed by atoms with Gasteiger partial charge in [0.2, 0.25) is 35.4 Å². The van der Waals surface area contributed by atoms with Crippen molar-refractivity contribution >= 4 is 58.0 Å². The molecule has 36 heteroatoms. The average Bonchev–Trinajstić information content (AvgIpc) is 1.58. The van der Waals surface area contributed by atoms with Gasteiger partial charge in [-0.1, -0.05) is 68.4 Å². The minimum Gasteiger partial charge on any atom is -0.458 e. The number of piperidine rings is 1. The van der Waals surface area contributed by atoms with E-state index < -0.39 is 52.8 Å². The molecule has 0 radical (unpaired) electrons. The molecule has 6 amide bonds. The van der Waals surface area contributed by atoms with Gasteiger partial charge < -0.3 is 113 Å². The molecule has 1 aliphatic carbocycles. The van der Waals surface area contributed by atoms with Gasteiger partial charge >= 0.3 is 5.97 Å². The smallest absolute Gasteiger partial charge is 0.343 e. The molecule has 2 fully saturated rings. The normalized spacial score (nSPS) is 16.2. The Bertz CT molecular complexity index is 4690. The van der Waals surface area contributed by atoms with Gasteiger partial charge in [0.05, 0.1) is 225 Å². The summed E-state index contributed by atoms with van der Waals surface area (Å²) in [5, 5.41) is 32.5. The van der Waals surface area contributed by atoms with E-state index in [1.54, 1.807) is 44.5 Å². The number of aryl methyl sites for hydroxylation is 2. The molecule has 7 heterocycles. The zero-order chi connectivity index (χ0) is 91.3. The predicted octanol–water partition coefficient (Wildman–Crippen LogP) is 6.21. The van der Waals surface area contributed by atoms with Crippen LogP contribution in [0.15, 0.2) is 71.5 Å². The van der Waals surface area contributed by atoms with Crippen LogP contribution in [-0.2, 0) is 139 Å². The standard InChI is InChI=1S/C93H131FN12O23/c1-6-93(115)74-58-79-84-72(62-106(79)90(113)73(74)63-129-91(93)114)71(70-57-65(4)75(94)59-77(70)98-84)60-97-88(111)76(16-11-12-27-95)99-89(112)83(64(2)3)100-80(107)21-31-116-33-35-118-37-39-120-41-43-122-45-47-124-49-51-126-53-55-128-56-54-127-52-50-125-48-46-123-44-42-121-40-38-119-36-34-117-32-22-81(108)104-29-25-92(26-30-104)23-18-66(19-24-92)87(110)96-28-20-82(109)105-61-67-13-7-8-14-68(67)85-86(103(5)102-101-85)69-15-9-10-17-78(69)105/h7-10,13-15,17,57-59,64,66,76,83,115H,6,11-12,16,18-56,60-63,95H2,1-5H3,(H,96,110)(H,97,111)(H,99,112)(H,100,107)/t76-,83-,93-/m0/s1. The number of unbranched alkanes of at least 4 members (excludes halogenated alkanes) is 1. The Morgan fingerprint density at radius 3 is 1.70 bits per heavy atom. The molecule has 35 nitrogen and oxygen atoms in total. The average molecular weight is 1800 g/mol. The molecule has 1 saturated carbocycles. The summed E-state index contributed by atoms with van der Waals surface area (Å²) in [7, 11) is 1.86. The van der Waals surface area contributed by atoms with Crippen LogP contribution in [0.2, 0.25) is 0 Å². The number of rotatable bonds is 58. The number of fused-ring (bicyclic) bond motifs is 10. The van der Waals surface area contributed by atoms with Crippen molar-refractivity contribution < 1.29 is 109 Å². The fraction of sp³-hybridized carbons (Fsp3) is 0.624. The second kappa shape index (κ2) is 52.1. The predicted molar refractivity (Wildman–Crippen MR) is 473 cm³/mol. The monoisotopic (exact) mass is 1800 g/mol. The molecular weight excluding hydrogens is 1670 g/mol. The molecule has 0 bridgehead atoms. The summed E-state index contributed by atoms with van der Waals surface area (Å²) in [6.07, 6.45) is 7.11. The van der Waals surface area contributed by atoms with Gasteiger partial charge in [-0.2, -0.15) is 0 Å². The highest BCUT2D eigenvalue weighted by molar-refractivity contribution is 6.01. The van der Waals surface area contributed by atoms with Crippen molar-refractivity contribution in [2.75, 3.05) is 203 Å². The zero-order valence-electron chi connectivity index (χ0n) is 75.4. The second-order valence-corrected chi connectivity index (χ2v) is 33.2. The fourth-order valence-corrected chi connectivity index (χ4v) is 16.7. The highest BCUT2D eigenvalue weighted by atomic mass is 19.1. The number of benzene rings is 3. The number of aromatic nitrogens is 5. The molecule has 3 aromatic heterocycles. The Labute approximate surface area is 752 Å². The molecule has 708 valence electrons. The van der Waals surface area contributed by atoms with E-state index in [2.05, 4.69) is 31.6 Å². The van der Waals surface area contributed by atoms with Gasteiger partial charge in [-0.3, -0.25) is 33.6 Å². The van der Waals surface area contributed by atoms with Gasteiger partial charge in [0.1, 0.15) is 30.2 Å². The van der Waals surface area contributed by atoms with E-state index in [-0.39, 0.29) is 123 Å². The Morgan fingerprint density at radius 2 is 1.15 bits per heavy atom. The number of nitrogens with two attached hydrogens (primary N) is 1. The van der Waals surface area contributed by atoms with Crippen molar-refractivity contribution in [3.05, 3.63) is 116 Å². The Kier molecular flexibility index (Phi) is 40.5. The third-order valence-electron chi connectivity index (χ3n) is 24.2. The summed E-state index contributed by atoms with van der Waals surface area (Å²) in [6.45, 7) is 18.8. The first kappa shape index (κ1) is 100. The first-order valence-corrected chi connectivity index (χ1v) is 45.5. The lowest BCUT2D eigenvalue weighted by Crippen LogP contribution is -2.55. The third kappa shape index (κ3) is 28.7. The Hall–Kier alpha value is -9.22. The van der Waals surface area contributed by atoms with Crippen molar-refractivity contribution in [3.63, 3.8) is 0 Å². The first-order valence-electron chi connectivity index (χ1n) is 45.5. The van der Waals surface area contributed by atoms with Gasteiger partial charge in [-0.25, -0.2) is 18.9 Å². The highest BCUT2D eigenvalue weighted by Gasteiger charge is 2.46. The number of nitrogens with zero attached hydrogens (tertiary/aromatic N) is 7. The molecule has 7 N–H and O–H groups in total. The number of nitrogens with one attached hydrogen (secondary N) is 4. The molecule has 3 atom stereocenters. The maximum atomic E-state index is 15.2. The summed E-state index contributed by atoms with van der Waals surface area (Å²) in [4.78, 5) is 117. The summed E-state index contributed by atoms with van der Waals surface area (Å²) in [5.41, 5.74) is 11.3. The minimum atomic E-state index is -2.06. The lowest BCUT2D eigenvalue weighted by Gasteiger charge is -2.45. The maximum Gasteiger partial charge on any atom is 0.343 e. The number of carbonyl (C=O) groups excluding carboxylic acids is 7. The van der Waals surface area contributed by atoms with Crippen LogP contribution < -0.4 is 37.5 Å². The molecule has 4 aliphatic heterocycles. The van der Waals surface area contributed by atoms with Crippen molar-refractivity contribution in [3.8, 4) is 33.9 Å². The number of anilines is 1. The van der Waals surface area contributed by atoms with Gasteiger partial charge in [-0.05, 0) is 124 Å². The van der Waals surface area contributed by atoms with Gasteiger partial charge in [0, 0.05) is 85.7 Å². The first-order chi connectivity index (χ1) is 62.7. The Morgan fingerprint density at radius 1 is 0.612 bits per heavy atom. The molecule has 1 saturated heterocycles. The number of likely N-dealkylation sites (tertiary alicyclic amines) is 1. The molecule has 11 rings (SSSR count). The van der Waals surface area contributed by atoms with E-state index in [0.717, 1.165) is 72.3 Å². The van der Waals surface area contributed by atoms with Crippen LogP contribution in [0.3, 0.4) is 0 Å². The minimum absolute atomic E-state index is 0.00919. The molecule has 3 aromatic carbocycles. The van der Waals surface area contributed by atoms with E-state index in [1.807, 2.05) is 65.4 Å². The summed E-state index contributed by atoms with van der Waals surface area (Å²) < 4.78 is 96.4. The van der Waals surface area contributed by atoms with Crippen LogP contribution in [0, 0.1) is 30.0 Å². The molecule has 1 spiro atoms. The summed E-state index contributed by atoms with van der Waals surface area (Å²) in [5.74, 6) is -3.28. The van der Waals surface area contributed by atoms with Crippen molar-refractivity contribution in [2.45, 2.75) is 155 Å². The number of aliphatic hydroxyl groups is 1. The number of amides is 6. The number of para-hydroxylation sites is 1. The zero-order valence-corrected chi connectivity index (χ0v) is 75.4. The molecule has 0 unspecified atom stereocenters.